The highest BCUT2D eigenvalue weighted by Gasteiger charge is 2.37. The van der Waals surface area contributed by atoms with Crippen LogP contribution in [0.25, 0.3) is 5.57 Å². The van der Waals surface area contributed by atoms with E-state index in [4.69, 9.17) is 0 Å². The van der Waals surface area contributed by atoms with Gasteiger partial charge in [0.2, 0.25) is 17.2 Å². The summed E-state index contributed by atoms with van der Waals surface area (Å²) in [5, 5.41) is 11.3. The number of hydrogen-bond acceptors (Lipinski definition) is 3. The SMILES string of the molecule is Cc1ccc(N(c2ccc(C3=C(O)C(=C4C=CC(=[N+](c5ccc(C)cc5C)C5CCCCC5)C=C4)C3=O)cc2)C2CCCCC2)c(C)c1. The molecule has 1 N–H and O–H groups in total. The number of allylic oxidation sites excluding steroid dienone is 7. The molecule has 2 fully saturated rings. The number of anilines is 2. The molecular weight excluding hydrogens is 588 g/mol. The number of aliphatic hydroxyl groups is 1. The lowest BCUT2D eigenvalue weighted by molar-refractivity contribution is -0.488. The van der Waals surface area contributed by atoms with Crippen LogP contribution in [0.1, 0.15) is 92.0 Å². The van der Waals surface area contributed by atoms with E-state index in [0.29, 0.717) is 23.2 Å². The van der Waals surface area contributed by atoms with Crippen LogP contribution >= 0.6 is 0 Å². The molecule has 4 heteroatoms. The maximum absolute atomic E-state index is 13.6. The van der Waals surface area contributed by atoms with Crippen LogP contribution in [-0.2, 0) is 4.79 Å². The van der Waals surface area contributed by atoms with Crippen molar-refractivity contribution in [1.82, 2.24) is 0 Å². The lowest BCUT2D eigenvalue weighted by atomic mass is 9.80. The van der Waals surface area contributed by atoms with E-state index in [9.17, 15) is 9.90 Å². The Bertz CT molecular complexity index is 1870. The average molecular weight is 638 g/mol. The first kappa shape index (κ1) is 32.1. The first-order chi connectivity index (χ1) is 23.3. The first-order valence-corrected chi connectivity index (χ1v) is 18.1. The molecule has 246 valence electrons. The molecule has 0 aromatic heterocycles. The van der Waals surface area contributed by atoms with Gasteiger partial charge in [-0.15, -0.1) is 0 Å². The maximum Gasteiger partial charge on any atom is 0.208 e. The van der Waals surface area contributed by atoms with Crippen molar-refractivity contribution < 1.29 is 14.5 Å². The Labute approximate surface area is 286 Å². The van der Waals surface area contributed by atoms with Gasteiger partial charge in [0.1, 0.15) is 5.76 Å². The number of rotatable bonds is 6. The zero-order chi connectivity index (χ0) is 33.4. The van der Waals surface area contributed by atoms with Gasteiger partial charge in [-0.3, -0.25) is 4.79 Å². The number of Topliss-reactive ketones (excluding diaryl/α,β-unsaturated/α-hetero) is 1. The van der Waals surface area contributed by atoms with Crippen LogP contribution in [0.5, 0.6) is 0 Å². The highest BCUT2D eigenvalue weighted by atomic mass is 16.3. The fourth-order valence-corrected chi connectivity index (χ4v) is 8.44. The highest BCUT2D eigenvalue weighted by Crippen LogP contribution is 2.41. The molecule has 4 nitrogen and oxygen atoms in total. The second-order valence-corrected chi connectivity index (χ2v) is 14.4. The van der Waals surface area contributed by atoms with Gasteiger partial charge in [0.05, 0.1) is 11.1 Å². The van der Waals surface area contributed by atoms with Crippen molar-refractivity contribution >= 4 is 34.1 Å². The van der Waals surface area contributed by atoms with E-state index >= 15 is 0 Å². The van der Waals surface area contributed by atoms with Crippen LogP contribution in [0.2, 0.25) is 0 Å². The van der Waals surface area contributed by atoms with Gasteiger partial charge in [-0.2, -0.15) is 4.58 Å². The quantitative estimate of drug-likeness (QED) is 0.216. The summed E-state index contributed by atoms with van der Waals surface area (Å²) in [6, 6.07) is 22.6. The molecule has 0 aliphatic heterocycles. The topological polar surface area (TPSA) is 43.5 Å². The normalized spacial score (nSPS) is 18.8. The Morgan fingerprint density at radius 2 is 1.27 bits per heavy atom. The molecule has 0 bridgehead atoms. The first-order valence-electron chi connectivity index (χ1n) is 18.1. The van der Waals surface area contributed by atoms with Gasteiger partial charge in [-0.25, -0.2) is 0 Å². The van der Waals surface area contributed by atoms with E-state index < -0.39 is 0 Å². The zero-order valence-electron chi connectivity index (χ0n) is 29.1. The molecule has 7 rings (SSSR count). The second-order valence-electron chi connectivity index (χ2n) is 14.4. The Balaban J connectivity index is 1.18. The fourth-order valence-electron chi connectivity index (χ4n) is 8.44. The van der Waals surface area contributed by atoms with Gasteiger partial charge >= 0.3 is 0 Å². The molecule has 0 spiro atoms. The molecule has 0 saturated heterocycles. The van der Waals surface area contributed by atoms with Crippen LogP contribution in [0.15, 0.2) is 102 Å². The van der Waals surface area contributed by atoms with Crippen molar-refractivity contribution in [3.05, 3.63) is 130 Å². The molecule has 4 aliphatic carbocycles. The van der Waals surface area contributed by atoms with Crippen molar-refractivity contribution in [1.29, 1.82) is 0 Å². The van der Waals surface area contributed by atoms with Crippen LogP contribution in [-0.4, -0.2) is 33.3 Å². The fraction of sp³-hybridized carbons (Fsp3) is 0.364. The summed E-state index contributed by atoms with van der Waals surface area (Å²) >= 11 is 0. The van der Waals surface area contributed by atoms with E-state index in [1.54, 1.807) is 0 Å². The zero-order valence-corrected chi connectivity index (χ0v) is 29.1. The lowest BCUT2D eigenvalue weighted by Crippen LogP contribution is -2.33. The number of benzene rings is 3. The molecule has 0 unspecified atom stereocenters. The molecule has 0 heterocycles. The Kier molecular flexibility index (Phi) is 9.09. The summed E-state index contributed by atoms with van der Waals surface area (Å²) in [5.41, 5.74) is 12.2. The van der Waals surface area contributed by atoms with Crippen molar-refractivity contribution in [2.45, 2.75) is 104 Å². The predicted molar refractivity (Wildman–Crippen MR) is 199 cm³/mol. The van der Waals surface area contributed by atoms with Gasteiger partial charge in [0.25, 0.3) is 0 Å². The Hall–Kier alpha value is -4.44. The minimum absolute atomic E-state index is 0.0926. The third-order valence-corrected chi connectivity index (χ3v) is 10.9. The molecular formula is C44H49N2O2+. The lowest BCUT2D eigenvalue weighted by Gasteiger charge is -2.37. The van der Waals surface area contributed by atoms with Gasteiger partial charge in [0.15, 0.2) is 6.04 Å². The molecule has 4 aliphatic rings. The van der Waals surface area contributed by atoms with Crippen molar-refractivity contribution in [2.24, 2.45) is 0 Å². The minimum atomic E-state index is -0.0926. The number of ketones is 1. The van der Waals surface area contributed by atoms with Gasteiger partial charge in [-0.05, 0) is 106 Å². The summed E-state index contributed by atoms with van der Waals surface area (Å²) in [7, 11) is 0. The highest BCUT2D eigenvalue weighted by molar-refractivity contribution is 6.39. The number of carbonyl (C=O) groups is 1. The van der Waals surface area contributed by atoms with E-state index in [1.165, 1.54) is 97.8 Å². The predicted octanol–water partition coefficient (Wildman–Crippen LogP) is 10.8. The van der Waals surface area contributed by atoms with Crippen molar-refractivity contribution in [2.75, 3.05) is 4.90 Å². The van der Waals surface area contributed by atoms with Crippen LogP contribution in [0, 0.1) is 27.7 Å². The van der Waals surface area contributed by atoms with E-state index in [2.05, 4.69) is 97.9 Å². The third-order valence-electron chi connectivity index (χ3n) is 10.9. The molecule has 0 amide bonds. The summed E-state index contributed by atoms with van der Waals surface area (Å²) < 4.78 is 2.50. The third kappa shape index (κ3) is 6.14. The summed E-state index contributed by atoms with van der Waals surface area (Å²) in [4.78, 5) is 16.1. The van der Waals surface area contributed by atoms with E-state index in [1.807, 2.05) is 24.3 Å². The molecule has 2 saturated carbocycles. The molecule has 3 aromatic carbocycles. The molecule has 0 atom stereocenters. The van der Waals surface area contributed by atoms with Gasteiger partial charge < -0.3 is 10.0 Å². The minimum Gasteiger partial charge on any atom is -0.506 e. The number of hydrogen-bond donors (Lipinski definition) is 1. The van der Waals surface area contributed by atoms with E-state index in [0.717, 1.165) is 22.5 Å². The van der Waals surface area contributed by atoms with Gasteiger partial charge in [0, 0.05) is 54.0 Å². The number of aliphatic hydroxyl groups excluding tert-OH is 1. The summed E-state index contributed by atoms with van der Waals surface area (Å²) in [5.74, 6) is 0.00237. The van der Waals surface area contributed by atoms with Crippen LogP contribution < -0.4 is 4.90 Å². The van der Waals surface area contributed by atoms with Crippen molar-refractivity contribution in [3.8, 4) is 0 Å². The van der Waals surface area contributed by atoms with E-state index in [-0.39, 0.29) is 11.5 Å². The monoisotopic (exact) mass is 637 g/mol. The largest absolute Gasteiger partial charge is 0.506 e. The van der Waals surface area contributed by atoms with Crippen molar-refractivity contribution in [3.63, 3.8) is 0 Å². The summed E-state index contributed by atoms with van der Waals surface area (Å²) in [6.07, 6.45) is 20.6. The number of nitrogens with zero attached hydrogens (tertiary/aromatic N) is 2. The maximum atomic E-state index is 13.6. The van der Waals surface area contributed by atoms with Crippen LogP contribution in [0.4, 0.5) is 17.1 Å². The number of carbonyl (C=O) groups excluding carboxylic acids is 1. The summed E-state index contributed by atoms with van der Waals surface area (Å²) in [6.45, 7) is 8.68. The van der Waals surface area contributed by atoms with Crippen LogP contribution in [0.3, 0.4) is 0 Å². The van der Waals surface area contributed by atoms with Gasteiger partial charge in [-0.1, -0.05) is 67.1 Å². The Morgan fingerprint density at radius 1 is 0.667 bits per heavy atom. The molecule has 3 aromatic rings. The number of aryl methyl sites for hydroxylation is 4. The molecule has 48 heavy (non-hydrogen) atoms. The smallest absolute Gasteiger partial charge is 0.208 e. The molecule has 0 radical (unpaired) electrons. The standard InChI is InChI=1S/C44H48N2O2/c1-29-15-25-39(31(3)27-29)45(35-11-7-5-8-12-35)37-21-17-33(18-22-37)41-43(47)42(44(41)48)34-19-23-38(24-20-34)46(36-13-9-6-10-14-36)40-26-16-30(2)28-32(40)4/h15-28,35-36H,5-14H2,1-4H3/p+1. The Morgan fingerprint density at radius 3 is 1.88 bits per heavy atom. The average Bonchev–Trinajstić information content (AvgIpc) is 3.09. The second kappa shape index (κ2) is 13.6.